The van der Waals surface area contributed by atoms with Crippen molar-refractivity contribution in [2.24, 2.45) is 0 Å². The third-order valence-electron chi connectivity index (χ3n) is 8.91. The normalized spacial score (nSPS) is 12.9. The maximum Gasteiger partial charge on any atom is 0.407 e. The highest BCUT2D eigenvalue weighted by Gasteiger charge is 2.39. The molecule has 1 heterocycles. The van der Waals surface area contributed by atoms with Crippen LogP contribution < -0.4 is 5.32 Å². The van der Waals surface area contributed by atoms with Crippen LogP contribution in [-0.2, 0) is 21.5 Å². The van der Waals surface area contributed by atoms with E-state index in [-0.39, 0.29) is 18.9 Å². The molecule has 0 unspecified atom stereocenters. The second-order valence-corrected chi connectivity index (χ2v) is 11.6. The van der Waals surface area contributed by atoms with Gasteiger partial charge in [0, 0.05) is 18.5 Å². The predicted octanol–water partition coefficient (Wildman–Crippen LogP) is 7.26. The van der Waals surface area contributed by atoms with Crippen molar-refractivity contribution in [2.75, 3.05) is 6.61 Å². The summed E-state index contributed by atoms with van der Waals surface area (Å²) in [6.45, 7) is 0.0918. The van der Waals surface area contributed by atoms with E-state index in [4.69, 9.17) is 9.84 Å². The lowest BCUT2D eigenvalue weighted by Crippen LogP contribution is -2.43. The van der Waals surface area contributed by atoms with Gasteiger partial charge in [0.05, 0.1) is 5.69 Å². The molecule has 0 saturated carbocycles. The van der Waals surface area contributed by atoms with Crippen LogP contribution in [0.1, 0.15) is 39.4 Å². The summed E-state index contributed by atoms with van der Waals surface area (Å²) in [5.41, 5.74) is 7.09. The first-order chi connectivity index (χ1) is 23.1. The number of amides is 1. The molecule has 7 rings (SSSR count). The number of alkyl carbamates (subject to hydrolysis) is 1. The Bertz CT molecular complexity index is 1870. The largest absolute Gasteiger partial charge is 0.480 e. The Morgan fingerprint density at radius 1 is 0.702 bits per heavy atom. The number of nitrogens with one attached hydrogen (secondary N) is 1. The SMILES string of the molecule is O=C(N[C@@H](Cc1ccn(C(c2ccccc2)(c2ccccc2)c2ccccc2)n1)C(=O)O)OCC1c2ccccc2-c2ccccc21. The number of carbonyl (C=O) groups is 2. The smallest absolute Gasteiger partial charge is 0.407 e. The van der Waals surface area contributed by atoms with E-state index in [9.17, 15) is 14.7 Å². The molecule has 0 fully saturated rings. The number of hydrogen-bond donors (Lipinski definition) is 2. The summed E-state index contributed by atoms with van der Waals surface area (Å²) in [5.74, 6) is -1.30. The van der Waals surface area contributed by atoms with Crippen LogP contribution in [0.5, 0.6) is 0 Å². The maximum atomic E-state index is 13.0. The molecule has 0 saturated heterocycles. The van der Waals surface area contributed by atoms with Gasteiger partial charge in [-0.05, 0) is 45.0 Å². The molecule has 1 aliphatic carbocycles. The van der Waals surface area contributed by atoms with Crippen molar-refractivity contribution in [3.8, 4) is 11.1 Å². The lowest BCUT2D eigenvalue weighted by molar-refractivity contribution is -0.139. The third-order valence-corrected chi connectivity index (χ3v) is 8.91. The number of rotatable bonds is 10. The molecule has 2 N–H and O–H groups in total. The van der Waals surface area contributed by atoms with E-state index < -0.39 is 23.6 Å². The van der Waals surface area contributed by atoms with Crippen LogP contribution in [0.4, 0.5) is 4.79 Å². The van der Waals surface area contributed by atoms with Gasteiger partial charge < -0.3 is 15.2 Å². The summed E-state index contributed by atoms with van der Waals surface area (Å²) in [6.07, 6.45) is 1.06. The number of aromatic nitrogens is 2. The summed E-state index contributed by atoms with van der Waals surface area (Å²) in [4.78, 5) is 25.4. The minimum absolute atomic E-state index is 0.0268. The molecule has 0 bridgehead atoms. The summed E-state index contributed by atoms with van der Waals surface area (Å²) < 4.78 is 7.54. The number of carbonyl (C=O) groups excluding carboxylic acids is 1. The fourth-order valence-electron chi connectivity index (χ4n) is 6.78. The van der Waals surface area contributed by atoms with Crippen LogP contribution in [0.2, 0.25) is 0 Å². The maximum absolute atomic E-state index is 13.0. The molecule has 7 nitrogen and oxygen atoms in total. The fourth-order valence-corrected chi connectivity index (χ4v) is 6.78. The fraction of sp³-hybridized carbons (Fsp3) is 0.125. The van der Waals surface area contributed by atoms with Gasteiger partial charge in [-0.25, -0.2) is 9.59 Å². The first-order valence-corrected chi connectivity index (χ1v) is 15.6. The van der Waals surface area contributed by atoms with Gasteiger partial charge in [-0.3, -0.25) is 4.68 Å². The number of ether oxygens (including phenoxy) is 1. The molecular formula is C40H33N3O4. The van der Waals surface area contributed by atoms with Crippen molar-refractivity contribution < 1.29 is 19.4 Å². The second-order valence-electron chi connectivity index (χ2n) is 11.6. The molecular weight excluding hydrogens is 586 g/mol. The molecule has 5 aromatic carbocycles. The first-order valence-electron chi connectivity index (χ1n) is 15.6. The highest BCUT2D eigenvalue weighted by molar-refractivity contribution is 5.81. The summed E-state index contributed by atoms with van der Waals surface area (Å²) in [6, 6.07) is 47.0. The zero-order chi connectivity index (χ0) is 32.2. The van der Waals surface area contributed by atoms with Crippen molar-refractivity contribution in [1.29, 1.82) is 0 Å². The minimum atomic E-state index is -1.24. The number of carboxylic acids is 1. The average Bonchev–Trinajstić information content (AvgIpc) is 3.71. The number of aliphatic carboxylic acids is 1. The van der Waals surface area contributed by atoms with E-state index in [2.05, 4.69) is 53.8 Å². The highest BCUT2D eigenvalue weighted by atomic mass is 16.5. The molecule has 6 aromatic rings. The Hall–Kier alpha value is -5.95. The van der Waals surface area contributed by atoms with Crippen molar-refractivity contribution in [3.05, 3.63) is 185 Å². The van der Waals surface area contributed by atoms with Crippen LogP contribution in [0, 0.1) is 0 Å². The number of nitrogens with zero attached hydrogens (tertiary/aromatic N) is 2. The van der Waals surface area contributed by atoms with Crippen LogP contribution in [0.25, 0.3) is 11.1 Å². The Balaban J connectivity index is 1.14. The second kappa shape index (κ2) is 12.8. The van der Waals surface area contributed by atoms with Gasteiger partial charge in [0.15, 0.2) is 0 Å². The molecule has 47 heavy (non-hydrogen) atoms. The Labute approximate surface area is 273 Å². The number of fused-ring (bicyclic) bond motifs is 3. The van der Waals surface area contributed by atoms with Gasteiger partial charge >= 0.3 is 12.1 Å². The molecule has 232 valence electrons. The van der Waals surface area contributed by atoms with Crippen LogP contribution in [-0.4, -0.2) is 39.6 Å². The zero-order valence-electron chi connectivity index (χ0n) is 25.6. The molecule has 1 atom stereocenters. The van der Waals surface area contributed by atoms with Crippen molar-refractivity contribution in [2.45, 2.75) is 23.9 Å². The highest BCUT2D eigenvalue weighted by Crippen LogP contribution is 2.44. The van der Waals surface area contributed by atoms with Gasteiger partial charge in [0.2, 0.25) is 0 Å². The van der Waals surface area contributed by atoms with E-state index in [1.165, 1.54) is 0 Å². The lowest BCUT2D eigenvalue weighted by atomic mass is 9.77. The van der Waals surface area contributed by atoms with Crippen molar-refractivity contribution in [3.63, 3.8) is 0 Å². The van der Waals surface area contributed by atoms with Gasteiger partial charge in [-0.15, -0.1) is 0 Å². The van der Waals surface area contributed by atoms with Gasteiger partial charge in [-0.1, -0.05) is 140 Å². The predicted molar refractivity (Wildman–Crippen MR) is 180 cm³/mol. The minimum Gasteiger partial charge on any atom is -0.480 e. The van der Waals surface area contributed by atoms with Crippen molar-refractivity contribution in [1.82, 2.24) is 15.1 Å². The van der Waals surface area contributed by atoms with Crippen LogP contribution in [0.15, 0.2) is 152 Å². The molecule has 0 radical (unpaired) electrons. The van der Waals surface area contributed by atoms with Crippen LogP contribution >= 0.6 is 0 Å². The number of hydrogen-bond acceptors (Lipinski definition) is 4. The summed E-state index contributed by atoms with van der Waals surface area (Å²) in [7, 11) is 0. The molecule has 0 spiro atoms. The molecule has 7 heteroatoms. The molecule has 1 aromatic heterocycles. The zero-order valence-corrected chi connectivity index (χ0v) is 25.6. The molecule has 1 amide bonds. The molecule has 1 aliphatic rings. The van der Waals surface area contributed by atoms with Crippen LogP contribution in [0.3, 0.4) is 0 Å². The first kappa shape index (κ1) is 29.7. The lowest BCUT2D eigenvalue weighted by Gasteiger charge is -2.36. The Morgan fingerprint density at radius 2 is 1.17 bits per heavy atom. The van der Waals surface area contributed by atoms with E-state index in [0.29, 0.717) is 5.69 Å². The van der Waals surface area contributed by atoms with E-state index >= 15 is 0 Å². The summed E-state index contributed by atoms with van der Waals surface area (Å²) >= 11 is 0. The van der Waals surface area contributed by atoms with Gasteiger partial charge in [0.1, 0.15) is 18.2 Å². The number of carboxylic acid groups (broad SMARTS) is 1. The topological polar surface area (TPSA) is 93.5 Å². The summed E-state index contributed by atoms with van der Waals surface area (Å²) in [5, 5.41) is 17.7. The van der Waals surface area contributed by atoms with E-state index in [1.54, 1.807) is 6.07 Å². The third kappa shape index (κ3) is 5.57. The van der Waals surface area contributed by atoms with Crippen molar-refractivity contribution >= 4 is 12.1 Å². The van der Waals surface area contributed by atoms with Gasteiger partial charge in [0.25, 0.3) is 0 Å². The molecule has 0 aliphatic heterocycles. The van der Waals surface area contributed by atoms with E-state index in [1.807, 2.05) is 102 Å². The standard InChI is InChI=1S/C40H33N3O4/c44-38(45)37(41-39(46)47-27-36-34-22-12-10-20-32(34)33-21-11-13-23-35(33)36)26-31-24-25-43(42-31)40(28-14-4-1-5-15-28,29-16-6-2-7-17-29)30-18-8-3-9-19-30/h1-25,36-37H,26-27H2,(H,41,46)(H,44,45)/t37-/m0/s1. The monoisotopic (exact) mass is 619 g/mol. The average molecular weight is 620 g/mol. The Kier molecular flexibility index (Phi) is 8.11. The quantitative estimate of drug-likeness (QED) is 0.158. The Morgan fingerprint density at radius 3 is 1.66 bits per heavy atom. The van der Waals surface area contributed by atoms with E-state index in [0.717, 1.165) is 38.9 Å². The van der Waals surface area contributed by atoms with Gasteiger partial charge in [-0.2, -0.15) is 5.10 Å². The number of benzene rings is 5.